The first kappa shape index (κ1) is 15.2. The third kappa shape index (κ3) is 9.75. The molecular formula is C12H22O3Si. The lowest BCUT2D eigenvalue weighted by molar-refractivity contribution is -0.148. The predicted molar refractivity (Wildman–Crippen MR) is 67.6 cm³/mol. The normalized spacial score (nSPS) is 14.6. The maximum absolute atomic E-state index is 10.6. The van der Waals surface area contributed by atoms with Crippen molar-refractivity contribution in [2.75, 3.05) is 6.61 Å². The van der Waals surface area contributed by atoms with Crippen molar-refractivity contribution in [3.8, 4) is 11.5 Å². The fraction of sp³-hybridized carbons (Fsp3) is 0.750. The molecule has 0 bridgehead atoms. The predicted octanol–water partition coefficient (Wildman–Crippen LogP) is 1.96. The van der Waals surface area contributed by atoms with Crippen LogP contribution >= 0.6 is 0 Å². The van der Waals surface area contributed by atoms with Gasteiger partial charge in [-0.15, -0.1) is 11.5 Å². The Balaban J connectivity index is 3.98. The van der Waals surface area contributed by atoms with E-state index in [0.717, 1.165) is 0 Å². The van der Waals surface area contributed by atoms with Crippen LogP contribution in [0.3, 0.4) is 0 Å². The molecule has 0 aliphatic carbocycles. The minimum absolute atomic E-state index is 0.0387. The van der Waals surface area contributed by atoms with Gasteiger partial charge in [-0.3, -0.25) is 4.79 Å². The van der Waals surface area contributed by atoms with E-state index in [0.29, 0.717) is 12.8 Å². The van der Waals surface area contributed by atoms with E-state index >= 15 is 0 Å². The van der Waals surface area contributed by atoms with E-state index in [2.05, 4.69) is 31.1 Å². The molecule has 0 radical (unpaired) electrons. The first-order valence-electron chi connectivity index (χ1n) is 5.48. The summed E-state index contributed by atoms with van der Waals surface area (Å²) in [7, 11) is -1.32. The lowest BCUT2D eigenvalue weighted by Crippen LogP contribution is -2.31. The highest BCUT2D eigenvalue weighted by atomic mass is 28.3. The summed E-state index contributed by atoms with van der Waals surface area (Å²) in [5.74, 6) is 2.71. The molecule has 0 heterocycles. The van der Waals surface area contributed by atoms with E-state index in [9.17, 15) is 9.90 Å². The van der Waals surface area contributed by atoms with E-state index in [1.807, 2.05) is 0 Å². The third-order valence-electron chi connectivity index (χ3n) is 1.84. The van der Waals surface area contributed by atoms with Crippen molar-refractivity contribution in [3.63, 3.8) is 0 Å². The average Bonchev–Trinajstić information content (AvgIpc) is 2.08. The number of esters is 1. The third-order valence-corrected chi connectivity index (χ3v) is 2.77. The Morgan fingerprint density at radius 3 is 2.44 bits per heavy atom. The van der Waals surface area contributed by atoms with Crippen LogP contribution < -0.4 is 0 Å². The molecule has 0 aliphatic rings. The number of carbonyl (C=O) groups is 1. The molecule has 0 aliphatic heterocycles. The van der Waals surface area contributed by atoms with Gasteiger partial charge in [0.2, 0.25) is 0 Å². The quantitative estimate of drug-likeness (QED) is 0.466. The number of rotatable bonds is 4. The van der Waals surface area contributed by atoms with E-state index < -0.39 is 13.7 Å². The molecule has 1 unspecified atom stereocenters. The van der Waals surface area contributed by atoms with Gasteiger partial charge in [0, 0.05) is 13.3 Å². The highest BCUT2D eigenvalue weighted by molar-refractivity contribution is 6.83. The number of aliphatic hydroxyl groups is 1. The van der Waals surface area contributed by atoms with Crippen molar-refractivity contribution in [2.24, 2.45) is 0 Å². The lowest BCUT2D eigenvalue weighted by atomic mass is 10.0. The topological polar surface area (TPSA) is 46.5 Å². The van der Waals surface area contributed by atoms with Gasteiger partial charge in [0.05, 0.1) is 5.60 Å². The molecule has 1 N–H and O–H groups in total. The van der Waals surface area contributed by atoms with Gasteiger partial charge in [0.1, 0.15) is 14.7 Å². The van der Waals surface area contributed by atoms with Crippen molar-refractivity contribution in [1.82, 2.24) is 0 Å². The monoisotopic (exact) mass is 242 g/mol. The molecule has 0 aromatic carbocycles. The fourth-order valence-electron chi connectivity index (χ4n) is 0.989. The van der Waals surface area contributed by atoms with Gasteiger partial charge < -0.3 is 9.84 Å². The summed E-state index contributed by atoms with van der Waals surface area (Å²) in [5, 5.41) is 9.86. The largest absolute Gasteiger partial charge is 0.463 e. The Kier molecular flexibility index (Phi) is 5.77. The molecule has 0 fully saturated rings. The van der Waals surface area contributed by atoms with Crippen molar-refractivity contribution >= 4 is 14.0 Å². The van der Waals surface area contributed by atoms with Crippen LogP contribution in [0, 0.1) is 11.5 Å². The molecule has 0 spiro atoms. The van der Waals surface area contributed by atoms with Crippen LogP contribution in [0.1, 0.15) is 26.7 Å². The summed E-state index contributed by atoms with van der Waals surface area (Å²) >= 11 is 0. The van der Waals surface area contributed by atoms with Crippen LogP contribution in [0.4, 0.5) is 0 Å². The van der Waals surface area contributed by atoms with Gasteiger partial charge in [0.25, 0.3) is 0 Å². The Bertz CT molecular complexity index is 292. The van der Waals surface area contributed by atoms with Crippen molar-refractivity contribution in [2.45, 2.75) is 51.9 Å². The van der Waals surface area contributed by atoms with Crippen LogP contribution in [-0.4, -0.2) is 31.4 Å². The molecule has 0 saturated carbocycles. The maximum Gasteiger partial charge on any atom is 0.302 e. The van der Waals surface area contributed by atoms with Crippen molar-refractivity contribution in [3.05, 3.63) is 0 Å². The average molecular weight is 242 g/mol. The Morgan fingerprint density at radius 2 is 2.00 bits per heavy atom. The molecule has 0 saturated heterocycles. The molecule has 0 amide bonds. The first-order valence-corrected chi connectivity index (χ1v) is 8.98. The standard InChI is InChI=1S/C12H22O3Si/c1-11(13)15-10-12(2,14)8-6-7-9-16(3,4)5/h14H,6,8,10H2,1-5H3. The summed E-state index contributed by atoms with van der Waals surface area (Å²) < 4.78 is 4.78. The molecule has 1 atom stereocenters. The summed E-state index contributed by atoms with van der Waals surface area (Å²) in [6.45, 7) is 9.56. The summed E-state index contributed by atoms with van der Waals surface area (Å²) in [6, 6.07) is 0. The molecule has 0 aromatic rings. The number of ether oxygens (including phenoxy) is 1. The minimum atomic E-state index is -1.32. The second-order valence-corrected chi connectivity index (χ2v) is 10.1. The smallest absolute Gasteiger partial charge is 0.302 e. The molecule has 92 valence electrons. The van der Waals surface area contributed by atoms with Crippen LogP contribution in [-0.2, 0) is 9.53 Å². The zero-order valence-electron chi connectivity index (χ0n) is 10.9. The van der Waals surface area contributed by atoms with Gasteiger partial charge in [-0.25, -0.2) is 0 Å². The van der Waals surface area contributed by atoms with Crippen LogP contribution in [0.15, 0.2) is 0 Å². The van der Waals surface area contributed by atoms with Crippen molar-refractivity contribution < 1.29 is 14.6 Å². The maximum atomic E-state index is 10.6. The fourth-order valence-corrected chi connectivity index (χ4v) is 1.64. The molecule has 0 rings (SSSR count). The molecule has 4 heteroatoms. The molecular weight excluding hydrogens is 220 g/mol. The van der Waals surface area contributed by atoms with Crippen LogP contribution in [0.2, 0.25) is 19.6 Å². The summed E-state index contributed by atoms with van der Waals surface area (Å²) in [4.78, 5) is 10.6. The molecule has 0 aromatic heterocycles. The van der Waals surface area contributed by atoms with Gasteiger partial charge >= 0.3 is 5.97 Å². The second-order valence-electron chi connectivity index (χ2n) is 5.33. The number of hydrogen-bond donors (Lipinski definition) is 1. The highest BCUT2D eigenvalue weighted by Gasteiger charge is 2.21. The van der Waals surface area contributed by atoms with Gasteiger partial charge in [-0.2, -0.15) is 0 Å². The first-order chi connectivity index (χ1) is 7.12. The zero-order chi connectivity index (χ0) is 12.8. The lowest BCUT2D eigenvalue weighted by Gasteiger charge is -2.21. The van der Waals surface area contributed by atoms with Crippen LogP contribution in [0.25, 0.3) is 0 Å². The van der Waals surface area contributed by atoms with Crippen molar-refractivity contribution in [1.29, 1.82) is 0 Å². The van der Waals surface area contributed by atoms with E-state index in [1.165, 1.54) is 6.92 Å². The zero-order valence-corrected chi connectivity index (χ0v) is 11.9. The van der Waals surface area contributed by atoms with Gasteiger partial charge in [-0.05, 0) is 13.3 Å². The molecule has 3 nitrogen and oxygen atoms in total. The Morgan fingerprint density at radius 1 is 1.44 bits per heavy atom. The van der Waals surface area contributed by atoms with E-state index in [1.54, 1.807) is 6.92 Å². The SMILES string of the molecule is CC(=O)OCC(C)(O)CCC#C[Si](C)(C)C. The Hall–Kier alpha value is -0.793. The number of hydrogen-bond acceptors (Lipinski definition) is 3. The Labute approximate surface area is 99.2 Å². The number of carbonyl (C=O) groups excluding carboxylic acids is 1. The highest BCUT2D eigenvalue weighted by Crippen LogP contribution is 2.12. The summed E-state index contributed by atoms with van der Waals surface area (Å²) in [6.07, 6.45) is 1.16. The van der Waals surface area contributed by atoms with E-state index in [4.69, 9.17) is 4.74 Å². The second kappa shape index (κ2) is 6.07. The summed E-state index contributed by atoms with van der Waals surface area (Å²) in [5.41, 5.74) is 2.26. The molecule has 16 heavy (non-hydrogen) atoms. The van der Waals surface area contributed by atoms with Gasteiger partial charge in [0.15, 0.2) is 0 Å². The van der Waals surface area contributed by atoms with Crippen LogP contribution in [0.5, 0.6) is 0 Å². The van der Waals surface area contributed by atoms with Gasteiger partial charge in [-0.1, -0.05) is 19.6 Å². The van der Waals surface area contributed by atoms with E-state index in [-0.39, 0.29) is 12.6 Å². The minimum Gasteiger partial charge on any atom is -0.463 e.